The lowest BCUT2D eigenvalue weighted by atomic mass is 9.94. The molecule has 6 nitrogen and oxygen atoms in total. The van der Waals surface area contributed by atoms with Crippen LogP contribution in [0.2, 0.25) is 0 Å². The average Bonchev–Trinajstić information content (AvgIpc) is 3.40. The summed E-state index contributed by atoms with van der Waals surface area (Å²) >= 11 is 0. The second-order valence-electron chi connectivity index (χ2n) is 9.10. The molecular formula is C25H29FN5OP. The molecule has 4 heterocycles. The lowest BCUT2D eigenvalue weighted by molar-refractivity contribution is 0.102. The van der Waals surface area contributed by atoms with E-state index in [9.17, 15) is 9.18 Å². The molecule has 0 bridgehead atoms. The normalized spacial score (nSPS) is 21.1. The Labute approximate surface area is 195 Å². The first-order valence-electron chi connectivity index (χ1n) is 11.6. The van der Waals surface area contributed by atoms with Crippen molar-refractivity contribution in [2.24, 2.45) is 0 Å². The minimum absolute atomic E-state index is 0.203. The number of rotatable bonds is 3. The number of pyridine rings is 1. The van der Waals surface area contributed by atoms with Gasteiger partial charge in [0, 0.05) is 37.0 Å². The van der Waals surface area contributed by atoms with Gasteiger partial charge >= 0.3 is 0 Å². The number of aromatic nitrogens is 3. The van der Waals surface area contributed by atoms with E-state index in [0.29, 0.717) is 36.5 Å². The Morgan fingerprint density at radius 2 is 2.03 bits per heavy atom. The van der Waals surface area contributed by atoms with Crippen molar-refractivity contribution in [1.82, 2.24) is 14.8 Å². The SMILES string of the molecule is CCC(C)n1cc2c(n1)CCc1ccccc1-c1ccnc(N3CCC(F)(P)C3)c1NC2=O. The lowest BCUT2D eigenvalue weighted by Crippen LogP contribution is -2.27. The number of fused-ring (bicyclic) bond motifs is 4. The van der Waals surface area contributed by atoms with Gasteiger partial charge in [-0.15, -0.1) is 0 Å². The van der Waals surface area contributed by atoms with Crippen LogP contribution in [-0.4, -0.2) is 39.2 Å². The molecule has 1 N–H and O–H groups in total. The molecule has 3 aromatic rings. The van der Waals surface area contributed by atoms with Crippen LogP contribution in [0.1, 0.15) is 54.3 Å². The number of amides is 1. The molecular weight excluding hydrogens is 436 g/mol. The van der Waals surface area contributed by atoms with Gasteiger partial charge in [-0.1, -0.05) is 40.4 Å². The van der Waals surface area contributed by atoms with Gasteiger partial charge in [0.25, 0.3) is 5.91 Å². The van der Waals surface area contributed by atoms with Crippen LogP contribution >= 0.6 is 9.24 Å². The van der Waals surface area contributed by atoms with Crippen molar-refractivity contribution in [2.75, 3.05) is 23.3 Å². The van der Waals surface area contributed by atoms with Gasteiger partial charge in [0.1, 0.15) is 5.41 Å². The summed E-state index contributed by atoms with van der Waals surface area (Å²) in [5.74, 6) is 0.403. The number of nitrogens with one attached hydrogen (secondary N) is 1. The summed E-state index contributed by atoms with van der Waals surface area (Å²) < 4.78 is 16.6. The topological polar surface area (TPSA) is 63.1 Å². The van der Waals surface area contributed by atoms with Gasteiger partial charge in [-0.05, 0) is 43.4 Å². The summed E-state index contributed by atoms with van der Waals surface area (Å²) in [7, 11) is 2.31. The number of halogens is 1. The van der Waals surface area contributed by atoms with Gasteiger partial charge in [0.05, 0.1) is 23.5 Å². The van der Waals surface area contributed by atoms with E-state index >= 15 is 0 Å². The Bertz CT molecular complexity index is 1210. The number of nitrogens with zero attached hydrogens (tertiary/aromatic N) is 4. The highest BCUT2D eigenvalue weighted by Gasteiger charge is 2.36. The molecule has 2 aliphatic rings. The van der Waals surface area contributed by atoms with Gasteiger partial charge in [0.15, 0.2) is 5.82 Å². The summed E-state index contributed by atoms with van der Waals surface area (Å²) in [5, 5.41) is 6.56. The number of anilines is 2. The van der Waals surface area contributed by atoms with E-state index < -0.39 is 5.41 Å². The van der Waals surface area contributed by atoms with Crippen LogP contribution in [0.3, 0.4) is 0 Å². The predicted molar refractivity (Wildman–Crippen MR) is 133 cm³/mol. The quantitative estimate of drug-likeness (QED) is 0.552. The van der Waals surface area contributed by atoms with Gasteiger partial charge in [-0.25, -0.2) is 9.37 Å². The smallest absolute Gasteiger partial charge is 0.259 e. The molecule has 2 aromatic heterocycles. The van der Waals surface area contributed by atoms with E-state index in [1.165, 1.54) is 5.56 Å². The summed E-state index contributed by atoms with van der Waals surface area (Å²) in [6.45, 7) is 4.97. The highest BCUT2D eigenvalue weighted by atomic mass is 31.0. The Balaban J connectivity index is 1.66. The molecule has 0 aliphatic carbocycles. The first-order chi connectivity index (χ1) is 15.9. The number of alkyl halides is 1. The Morgan fingerprint density at radius 3 is 2.79 bits per heavy atom. The maximum atomic E-state index is 14.7. The molecule has 2 aliphatic heterocycles. The van der Waals surface area contributed by atoms with E-state index in [0.717, 1.165) is 29.7 Å². The van der Waals surface area contributed by atoms with Crippen LogP contribution in [0.4, 0.5) is 15.9 Å². The van der Waals surface area contributed by atoms with Crippen molar-refractivity contribution in [3.63, 3.8) is 0 Å². The Morgan fingerprint density at radius 1 is 1.21 bits per heavy atom. The van der Waals surface area contributed by atoms with Crippen molar-refractivity contribution in [1.29, 1.82) is 0 Å². The molecule has 1 fully saturated rings. The van der Waals surface area contributed by atoms with E-state index in [1.54, 1.807) is 6.20 Å². The molecule has 0 spiro atoms. The number of benzene rings is 1. The summed E-state index contributed by atoms with van der Waals surface area (Å²) in [4.78, 5) is 20.0. The predicted octanol–water partition coefficient (Wildman–Crippen LogP) is 5.02. The zero-order chi connectivity index (χ0) is 23.2. The van der Waals surface area contributed by atoms with E-state index in [1.807, 2.05) is 34.0 Å². The molecule has 33 heavy (non-hydrogen) atoms. The highest BCUT2D eigenvalue weighted by Crippen LogP contribution is 2.41. The number of hydrogen-bond donors (Lipinski definition) is 1. The zero-order valence-electron chi connectivity index (χ0n) is 19.0. The fourth-order valence-electron chi connectivity index (χ4n) is 4.67. The molecule has 1 amide bonds. The highest BCUT2D eigenvalue weighted by molar-refractivity contribution is 7.18. The molecule has 5 rings (SSSR count). The minimum Gasteiger partial charge on any atom is -0.351 e. The summed E-state index contributed by atoms with van der Waals surface area (Å²) in [5.41, 5.74) is 5.15. The Hall–Kier alpha value is -2.79. The summed E-state index contributed by atoms with van der Waals surface area (Å²) in [6.07, 6.45) is 6.38. The maximum absolute atomic E-state index is 14.7. The van der Waals surface area contributed by atoms with Crippen LogP contribution in [0.25, 0.3) is 11.1 Å². The molecule has 3 unspecified atom stereocenters. The summed E-state index contributed by atoms with van der Waals surface area (Å²) in [6, 6.07) is 10.4. The first-order valence-corrected chi connectivity index (χ1v) is 12.1. The number of hydrogen-bond acceptors (Lipinski definition) is 4. The van der Waals surface area contributed by atoms with Crippen LogP contribution in [0.15, 0.2) is 42.7 Å². The van der Waals surface area contributed by atoms with Crippen LogP contribution in [-0.2, 0) is 12.8 Å². The average molecular weight is 466 g/mol. The van der Waals surface area contributed by atoms with Gasteiger partial charge in [-0.3, -0.25) is 9.48 Å². The minimum atomic E-state index is -1.35. The molecule has 0 radical (unpaired) electrons. The number of aryl methyl sites for hydroxylation is 2. The molecule has 1 aromatic carbocycles. The third-order valence-corrected chi connectivity index (χ3v) is 7.23. The van der Waals surface area contributed by atoms with Gasteiger partial charge in [-0.2, -0.15) is 5.10 Å². The van der Waals surface area contributed by atoms with Crippen LogP contribution < -0.4 is 10.2 Å². The third kappa shape index (κ3) is 4.15. The van der Waals surface area contributed by atoms with Gasteiger partial charge < -0.3 is 10.2 Å². The van der Waals surface area contributed by atoms with E-state index in [-0.39, 0.29) is 18.5 Å². The van der Waals surface area contributed by atoms with E-state index in [4.69, 9.17) is 5.10 Å². The monoisotopic (exact) mass is 465 g/mol. The van der Waals surface area contributed by atoms with Crippen molar-refractivity contribution in [3.05, 3.63) is 59.5 Å². The van der Waals surface area contributed by atoms with Crippen LogP contribution in [0.5, 0.6) is 0 Å². The number of carbonyl (C=O) groups is 1. The fraction of sp³-hybridized carbons (Fsp3) is 0.400. The third-order valence-electron chi connectivity index (χ3n) is 6.75. The standard InChI is InChI=1S/C25H29FN5OP/c1-3-16(2)31-14-20-21(29-31)9-8-17-6-4-5-7-18(17)19-10-12-27-23(22(19)28-24(20)32)30-13-11-25(26,33)15-30/h4-7,10,12,14,16H,3,8-9,11,13,15,33H2,1-2H3,(H,28,32). The van der Waals surface area contributed by atoms with Gasteiger partial charge in [0.2, 0.25) is 0 Å². The van der Waals surface area contributed by atoms with Crippen molar-refractivity contribution in [3.8, 4) is 11.1 Å². The Kier molecular flexibility index (Phi) is 5.69. The largest absolute Gasteiger partial charge is 0.351 e. The second kappa shape index (κ2) is 8.53. The first kappa shape index (κ1) is 22.0. The second-order valence-corrected chi connectivity index (χ2v) is 10.1. The van der Waals surface area contributed by atoms with Crippen molar-refractivity contribution < 1.29 is 9.18 Å². The molecule has 3 atom stereocenters. The lowest BCUT2D eigenvalue weighted by Gasteiger charge is -2.24. The molecule has 0 saturated carbocycles. The van der Waals surface area contributed by atoms with E-state index in [2.05, 4.69) is 45.5 Å². The number of carbonyl (C=O) groups excluding carboxylic acids is 1. The molecule has 172 valence electrons. The maximum Gasteiger partial charge on any atom is 0.259 e. The fourth-order valence-corrected chi connectivity index (χ4v) is 5.02. The van der Waals surface area contributed by atoms with Crippen molar-refractivity contribution >= 4 is 26.7 Å². The zero-order valence-corrected chi connectivity index (χ0v) is 20.2. The molecule has 8 heteroatoms. The molecule has 1 saturated heterocycles. The van der Waals surface area contributed by atoms with Crippen molar-refractivity contribution in [2.45, 2.75) is 51.0 Å². The van der Waals surface area contributed by atoms with Crippen LogP contribution in [0, 0.1) is 0 Å².